The number of aliphatic hydroxyl groups excluding tert-OH is 1. The number of halogens is 6. The van der Waals surface area contributed by atoms with Gasteiger partial charge in [-0.2, -0.15) is 26.3 Å². The molecular formula is C25H18F6N4O2. The van der Waals surface area contributed by atoms with Crippen LogP contribution in [0.3, 0.4) is 0 Å². The molecule has 0 saturated heterocycles. The van der Waals surface area contributed by atoms with Gasteiger partial charge in [0.2, 0.25) is 0 Å². The monoisotopic (exact) mass is 520 g/mol. The molecule has 0 aliphatic rings. The van der Waals surface area contributed by atoms with E-state index in [2.05, 4.69) is 20.6 Å². The van der Waals surface area contributed by atoms with E-state index in [1.54, 1.807) is 6.07 Å². The lowest BCUT2D eigenvalue weighted by Gasteiger charge is -2.15. The van der Waals surface area contributed by atoms with E-state index in [1.807, 2.05) is 0 Å². The predicted molar refractivity (Wildman–Crippen MR) is 124 cm³/mol. The number of amides is 1. The van der Waals surface area contributed by atoms with Crippen LogP contribution >= 0.6 is 0 Å². The van der Waals surface area contributed by atoms with Crippen molar-refractivity contribution in [2.75, 3.05) is 18.5 Å². The number of carbonyl (C=O) groups is 1. The van der Waals surface area contributed by atoms with E-state index in [0.29, 0.717) is 28.3 Å². The summed E-state index contributed by atoms with van der Waals surface area (Å²) < 4.78 is 80.0. The lowest BCUT2D eigenvalue weighted by molar-refractivity contribution is -0.138. The molecule has 192 valence electrons. The van der Waals surface area contributed by atoms with Crippen LogP contribution < -0.4 is 10.6 Å². The molecule has 12 heteroatoms. The normalized spacial score (nSPS) is 12.0. The third kappa shape index (κ3) is 5.80. The van der Waals surface area contributed by atoms with Crippen LogP contribution in [0, 0.1) is 0 Å². The van der Waals surface area contributed by atoms with E-state index in [0.717, 1.165) is 18.3 Å². The molecule has 0 aliphatic carbocycles. The van der Waals surface area contributed by atoms with Gasteiger partial charge in [0.1, 0.15) is 0 Å². The zero-order valence-electron chi connectivity index (χ0n) is 18.8. The topological polar surface area (TPSA) is 87.1 Å². The first kappa shape index (κ1) is 25.9. The number of nitrogens with one attached hydrogen (secondary N) is 2. The Kier molecular flexibility index (Phi) is 7.03. The quantitative estimate of drug-likeness (QED) is 0.280. The molecular weight excluding hydrogens is 502 g/mol. The molecule has 0 radical (unpaired) electrons. The van der Waals surface area contributed by atoms with Crippen LogP contribution in [-0.4, -0.2) is 34.1 Å². The first-order chi connectivity index (χ1) is 17.5. The van der Waals surface area contributed by atoms with Crippen LogP contribution in [0.15, 0.2) is 67.0 Å². The largest absolute Gasteiger partial charge is 0.418 e. The zero-order chi connectivity index (χ0) is 26.8. The van der Waals surface area contributed by atoms with Gasteiger partial charge in [-0.1, -0.05) is 12.1 Å². The third-order valence-electron chi connectivity index (χ3n) is 5.36. The van der Waals surface area contributed by atoms with Crippen LogP contribution in [0.4, 0.5) is 37.7 Å². The number of carbonyl (C=O) groups excluding carboxylic acids is 1. The van der Waals surface area contributed by atoms with Crippen molar-refractivity contribution in [3.8, 4) is 11.3 Å². The Morgan fingerprint density at radius 1 is 0.892 bits per heavy atom. The highest BCUT2D eigenvalue weighted by molar-refractivity contribution is 5.96. The number of fused-ring (bicyclic) bond motifs is 1. The van der Waals surface area contributed by atoms with Crippen molar-refractivity contribution in [2.24, 2.45) is 0 Å². The number of benzene rings is 2. The van der Waals surface area contributed by atoms with E-state index < -0.39 is 35.1 Å². The second kappa shape index (κ2) is 10.1. The minimum Gasteiger partial charge on any atom is -0.395 e. The Morgan fingerprint density at radius 2 is 1.62 bits per heavy atom. The molecule has 0 saturated carbocycles. The smallest absolute Gasteiger partial charge is 0.395 e. The van der Waals surface area contributed by atoms with Crippen LogP contribution in [0.5, 0.6) is 0 Å². The summed E-state index contributed by atoms with van der Waals surface area (Å²) >= 11 is 0. The van der Waals surface area contributed by atoms with Crippen LogP contribution in [0.2, 0.25) is 0 Å². The van der Waals surface area contributed by atoms with Gasteiger partial charge in [-0.15, -0.1) is 0 Å². The SMILES string of the molecule is O=C(NCCO)c1cnc(-c2ccc3c(Nc4ccc(C(F)(F)F)cc4)ccnc3c2)c(C(F)(F)F)c1. The van der Waals surface area contributed by atoms with Gasteiger partial charge >= 0.3 is 12.4 Å². The van der Waals surface area contributed by atoms with Gasteiger partial charge in [0, 0.05) is 41.3 Å². The molecule has 2 aromatic carbocycles. The van der Waals surface area contributed by atoms with E-state index >= 15 is 0 Å². The Morgan fingerprint density at radius 3 is 2.27 bits per heavy atom. The fourth-order valence-electron chi connectivity index (χ4n) is 3.61. The number of aromatic nitrogens is 2. The summed E-state index contributed by atoms with van der Waals surface area (Å²) in [4.78, 5) is 20.2. The fourth-order valence-corrected chi connectivity index (χ4v) is 3.61. The van der Waals surface area contributed by atoms with E-state index in [4.69, 9.17) is 5.11 Å². The summed E-state index contributed by atoms with van der Waals surface area (Å²) in [5.74, 6) is -0.808. The number of alkyl halides is 6. The van der Waals surface area contributed by atoms with Crippen LogP contribution in [-0.2, 0) is 12.4 Å². The van der Waals surface area contributed by atoms with Gasteiger partial charge in [0.15, 0.2) is 0 Å². The van der Waals surface area contributed by atoms with Crippen molar-refractivity contribution in [1.82, 2.24) is 15.3 Å². The average molecular weight is 520 g/mol. The second-order valence-corrected chi connectivity index (χ2v) is 7.89. The molecule has 2 aromatic heterocycles. The summed E-state index contributed by atoms with van der Waals surface area (Å²) in [7, 11) is 0. The number of hydrogen-bond donors (Lipinski definition) is 3. The molecule has 4 aromatic rings. The third-order valence-corrected chi connectivity index (χ3v) is 5.36. The molecule has 0 aliphatic heterocycles. The predicted octanol–water partition coefficient (Wildman–Crippen LogP) is 5.80. The van der Waals surface area contributed by atoms with Crippen molar-refractivity contribution < 1.29 is 36.2 Å². The van der Waals surface area contributed by atoms with Crippen molar-refractivity contribution in [3.63, 3.8) is 0 Å². The van der Waals surface area contributed by atoms with E-state index in [-0.39, 0.29) is 24.3 Å². The van der Waals surface area contributed by atoms with Gasteiger partial charge in [-0.05, 0) is 42.5 Å². The molecule has 0 spiro atoms. The first-order valence-corrected chi connectivity index (χ1v) is 10.8. The number of rotatable bonds is 6. The zero-order valence-corrected chi connectivity index (χ0v) is 18.8. The number of nitrogens with zero attached hydrogens (tertiary/aromatic N) is 2. The summed E-state index contributed by atoms with van der Waals surface area (Å²) in [6.07, 6.45) is -6.87. The molecule has 37 heavy (non-hydrogen) atoms. The van der Waals surface area contributed by atoms with Crippen molar-refractivity contribution in [1.29, 1.82) is 0 Å². The lowest BCUT2D eigenvalue weighted by Crippen LogP contribution is -2.27. The molecule has 6 nitrogen and oxygen atoms in total. The number of pyridine rings is 2. The van der Waals surface area contributed by atoms with Gasteiger partial charge in [-0.3, -0.25) is 14.8 Å². The highest BCUT2D eigenvalue weighted by atomic mass is 19.4. The maximum Gasteiger partial charge on any atom is 0.418 e. The molecule has 4 rings (SSSR count). The molecule has 0 bridgehead atoms. The number of hydrogen-bond acceptors (Lipinski definition) is 5. The number of anilines is 2. The van der Waals surface area contributed by atoms with Crippen LogP contribution in [0.25, 0.3) is 22.2 Å². The van der Waals surface area contributed by atoms with Gasteiger partial charge in [-0.25, -0.2) is 0 Å². The van der Waals surface area contributed by atoms with Crippen LogP contribution in [0.1, 0.15) is 21.5 Å². The maximum atomic E-state index is 13.8. The minimum atomic E-state index is -4.82. The summed E-state index contributed by atoms with van der Waals surface area (Å²) in [5.41, 5.74) is -1.37. The van der Waals surface area contributed by atoms with Gasteiger partial charge in [0.25, 0.3) is 5.91 Å². The summed E-state index contributed by atoms with van der Waals surface area (Å²) in [6.45, 7) is -0.496. The lowest BCUT2D eigenvalue weighted by atomic mass is 10.0. The maximum absolute atomic E-state index is 13.8. The summed E-state index contributed by atoms with van der Waals surface area (Å²) in [5, 5.41) is 14.6. The van der Waals surface area contributed by atoms with E-state index in [9.17, 15) is 31.1 Å². The van der Waals surface area contributed by atoms with Gasteiger partial charge < -0.3 is 15.7 Å². The molecule has 0 atom stereocenters. The van der Waals surface area contributed by atoms with Gasteiger partial charge in [0.05, 0.1) is 34.5 Å². The average Bonchev–Trinajstić information content (AvgIpc) is 2.86. The minimum absolute atomic E-state index is 0.0984. The van der Waals surface area contributed by atoms with Crippen molar-refractivity contribution in [2.45, 2.75) is 12.4 Å². The van der Waals surface area contributed by atoms with Crippen molar-refractivity contribution in [3.05, 3.63) is 83.7 Å². The molecule has 1 amide bonds. The molecule has 2 heterocycles. The Bertz CT molecular complexity index is 1440. The molecule has 0 fully saturated rings. The highest BCUT2D eigenvalue weighted by Gasteiger charge is 2.35. The second-order valence-electron chi connectivity index (χ2n) is 7.89. The Balaban J connectivity index is 1.69. The Hall–Kier alpha value is -4.19. The Labute approximate surface area is 206 Å². The summed E-state index contributed by atoms with van der Waals surface area (Å²) in [6, 6.07) is 11.0. The van der Waals surface area contributed by atoms with E-state index in [1.165, 1.54) is 36.5 Å². The fraction of sp³-hybridized carbons (Fsp3) is 0.160. The molecule has 0 unspecified atom stereocenters. The van der Waals surface area contributed by atoms with Crippen molar-refractivity contribution >= 4 is 28.2 Å². The highest BCUT2D eigenvalue weighted by Crippen LogP contribution is 2.38. The molecule has 3 N–H and O–H groups in total. The first-order valence-electron chi connectivity index (χ1n) is 10.8. The standard InChI is InChI=1S/C25H18F6N4O2/c26-24(27,28)16-2-4-17(5-3-16)35-20-7-8-32-21-12-14(1-6-18(20)21)22-19(25(29,30)31)11-15(13-34-22)23(37)33-9-10-36/h1-8,11-13,36H,9-10H2,(H,32,35)(H,33,37). The number of aliphatic hydroxyl groups is 1.